The van der Waals surface area contributed by atoms with E-state index in [0.717, 1.165) is 29.7 Å². The smallest absolute Gasteiger partial charge is 0.226 e. The third-order valence-corrected chi connectivity index (χ3v) is 5.78. The first kappa shape index (κ1) is 17.0. The van der Waals surface area contributed by atoms with Crippen LogP contribution in [0.2, 0.25) is 0 Å². The van der Waals surface area contributed by atoms with Crippen molar-refractivity contribution in [3.05, 3.63) is 60.2 Å². The van der Waals surface area contributed by atoms with Crippen molar-refractivity contribution in [3.8, 4) is 11.1 Å². The van der Waals surface area contributed by atoms with Crippen molar-refractivity contribution < 1.29 is 9.18 Å². The van der Waals surface area contributed by atoms with Crippen LogP contribution in [-0.4, -0.2) is 28.9 Å². The van der Waals surface area contributed by atoms with Crippen molar-refractivity contribution in [2.45, 2.75) is 31.7 Å². The molecule has 2 aromatic rings. The van der Waals surface area contributed by atoms with Crippen molar-refractivity contribution in [3.63, 3.8) is 0 Å². The first-order valence-electron chi connectivity index (χ1n) is 9.30. The van der Waals surface area contributed by atoms with Crippen LogP contribution in [-0.2, 0) is 4.79 Å². The minimum atomic E-state index is -0.248. The molecule has 0 radical (unpaired) electrons. The zero-order chi connectivity index (χ0) is 18.1. The molecule has 26 heavy (non-hydrogen) atoms. The molecule has 3 atom stereocenters. The second-order valence-electron chi connectivity index (χ2n) is 7.34. The third-order valence-electron chi connectivity index (χ3n) is 5.78. The fourth-order valence-corrected chi connectivity index (χ4v) is 4.38. The highest BCUT2D eigenvalue weighted by atomic mass is 19.1. The molecular formula is C22H23FN2O. The van der Waals surface area contributed by atoms with E-state index in [1.54, 1.807) is 12.3 Å². The minimum Gasteiger partial charge on any atom is -0.339 e. The van der Waals surface area contributed by atoms with Crippen LogP contribution in [0.4, 0.5) is 4.39 Å². The van der Waals surface area contributed by atoms with E-state index in [9.17, 15) is 9.18 Å². The molecule has 1 amide bonds. The molecule has 1 aliphatic heterocycles. The Morgan fingerprint density at radius 2 is 2.00 bits per heavy atom. The quantitative estimate of drug-likeness (QED) is 0.814. The Morgan fingerprint density at radius 1 is 1.15 bits per heavy atom. The predicted octanol–water partition coefficient (Wildman–Crippen LogP) is 4.55. The van der Waals surface area contributed by atoms with E-state index in [2.05, 4.69) is 11.1 Å². The molecule has 1 aromatic heterocycles. The van der Waals surface area contributed by atoms with Gasteiger partial charge in [-0.25, -0.2) is 4.39 Å². The number of amides is 1. The summed E-state index contributed by atoms with van der Waals surface area (Å²) >= 11 is 0. The monoisotopic (exact) mass is 350 g/mol. The Balaban J connectivity index is 1.51. The van der Waals surface area contributed by atoms with Crippen molar-refractivity contribution in [1.82, 2.24) is 9.88 Å². The highest BCUT2D eigenvalue weighted by Gasteiger charge is 2.45. The second-order valence-corrected chi connectivity index (χ2v) is 7.34. The molecule has 0 bridgehead atoms. The van der Waals surface area contributed by atoms with Crippen LogP contribution in [0.5, 0.6) is 0 Å². The number of hydrogen-bond acceptors (Lipinski definition) is 2. The average molecular weight is 350 g/mol. The molecule has 2 heterocycles. The first-order chi connectivity index (χ1) is 12.6. The number of halogens is 1. The lowest BCUT2D eigenvalue weighted by Crippen LogP contribution is -2.29. The van der Waals surface area contributed by atoms with Gasteiger partial charge in [-0.3, -0.25) is 9.78 Å². The molecule has 0 unspecified atom stereocenters. The Morgan fingerprint density at radius 3 is 2.77 bits per heavy atom. The Labute approximate surface area is 153 Å². The molecule has 2 fully saturated rings. The number of likely N-dealkylation sites (tertiary alicyclic amines) is 1. The lowest BCUT2D eigenvalue weighted by molar-refractivity contribution is -0.130. The number of carbonyl (C=O) groups is 1. The summed E-state index contributed by atoms with van der Waals surface area (Å²) in [5.41, 5.74) is 2.56. The molecule has 0 N–H and O–H groups in total. The van der Waals surface area contributed by atoms with Gasteiger partial charge in [-0.1, -0.05) is 37.1 Å². The molecular weight excluding hydrogens is 327 g/mol. The topological polar surface area (TPSA) is 33.2 Å². The van der Waals surface area contributed by atoms with E-state index in [1.807, 2.05) is 36.2 Å². The van der Waals surface area contributed by atoms with Crippen LogP contribution < -0.4 is 0 Å². The van der Waals surface area contributed by atoms with E-state index in [-0.39, 0.29) is 17.8 Å². The lowest BCUT2D eigenvalue weighted by Gasteiger charge is -2.26. The summed E-state index contributed by atoms with van der Waals surface area (Å²) in [6, 6.07) is 10.6. The van der Waals surface area contributed by atoms with Gasteiger partial charge in [0.1, 0.15) is 5.82 Å². The number of aromatic nitrogens is 1. The third kappa shape index (κ3) is 3.16. The van der Waals surface area contributed by atoms with Crippen LogP contribution in [0.15, 0.2) is 48.7 Å². The summed E-state index contributed by atoms with van der Waals surface area (Å²) in [5, 5.41) is 0. The van der Waals surface area contributed by atoms with Crippen molar-refractivity contribution in [2.75, 3.05) is 7.05 Å². The molecule has 1 aliphatic carbocycles. The summed E-state index contributed by atoms with van der Waals surface area (Å²) in [4.78, 5) is 18.8. The number of benzene rings is 1. The van der Waals surface area contributed by atoms with E-state index < -0.39 is 0 Å². The fraction of sp³-hybridized carbons (Fsp3) is 0.364. The van der Waals surface area contributed by atoms with E-state index in [1.165, 1.54) is 25.0 Å². The molecule has 2 aliphatic rings. The van der Waals surface area contributed by atoms with Crippen LogP contribution in [0, 0.1) is 17.7 Å². The number of carbonyl (C=O) groups excluding carboxylic acids is 1. The zero-order valence-electron chi connectivity index (χ0n) is 14.9. The zero-order valence-corrected chi connectivity index (χ0v) is 14.9. The fourth-order valence-electron chi connectivity index (χ4n) is 4.38. The molecule has 3 nitrogen and oxygen atoms in total. The minimum absolute atomic E-state index is 0.164. The molecule has 1 saturated heterocycles. The molecule has 134 valence electrons. The molecule has 1 aromatic carbocycles. The summed E-state index contributed by atoms with van der Waals surface area (Å²) in [6.07, 6.45) is 10.4. The van der Waals surface area contributed by atoms with Gasteiger partial charge in [0.25, 0.3) is 0 Å². The van der Waals surface area contributed by atoms with Gasteiger partial charge in [-0.05, 0) is 48.6 Å². The van der Waals surface area contributed by atoms with Gasteiger partial charge in [0, 0.05) is 24.7 Å². The van der Waals surface area contributed by atoms with E-state index in [0.29, 0.717) is 11.8 Å². The van der Waals surface area contributed by atoms with Gasteiger partial charge in [-0.2, -0.15) is 0 Å². The van der Waals surface area contributed by atoms with Gasteiger partial charge in [-0.15, -0.1) is 0 Å². The predicted molar refractivity (Wildman–Crippen MR) is 101 cm³/mol. The van der Waals surface area contributed by atoms with Crippen molar-refractivity contribution >= 4 is 12.0 Å². The summed E-state index contributed by atoms with van der Waals surface area (Å²) in [7, 11) is 1.91. The maximum Gasteiger partial charge on any atom is 0.226 e. The van der Waals surface area contributed by atoms with Gasteiger partial charge < -0.3 is 4.90 Å². The number of pyridine rings is 1. The maximum atomic E-state index is 13.4. The maximum absolute atomic E-state index is 13.4. The van der Waals surface area contributed by atoms with Gasteiger partial charge in [0.15, 0.2) is 0 Å². The highest BCUT2D eigenvalue weighted by molar-refractivity contribution is 5.82. The Kier molecular flexibility index (Phi) is 4.58. The van der Waals surface area contributed by atoms with Gasteiger partial charge in [0.2, 0.25) is 5.91 Å². The number of likely N-dealkylation sites (N-methyl/N-ethyl adjacent to an activating group) is 1. The Bertz CT molecular complexity index is 830. The van der Waals surface area contributed by atoms with Crippen LogP contribution in [0.1, 0.15) is 31.4 Å². The van der Waals surface area contributed by atoms with Crippen LogP contribution >= 0.6 is 0 Å². The summed E-state index contributed by atoms with van der Waals surface area (Å²) < 4.78 is 13.4. The van der Waals surface area contributed by atoms with Gasteiger partial charge in [0.05, 0.1) is 11.7 Å². The standard InChI is InChI=1S/C22H23FN2O/c1-25-21(19-7-2-3-8-20(19)22(25)26)12-11-18-10-9-16(14-24-18)15-5-4-6-17(23)13-15/h4-6,9-14,19-21H,2-3,7-8H2,1H3/b12-11+/t19-,20+,21+/m1/s1. The normalized spacial score (nSPS) is 25.7. The number of nitrogens with zero attached hydrogens (tertiary/aromatic N) is 2. The van der Waals surface area contributed by atoms with Crippen molar-refractivity contribution in [1.29, 1.82) is 0 Å². The summed E-state index contributed by atoms with van der Waals surface area (Å²) in [6.45, 7) is 0. The van der Waals surface area contributed by atoms with Gasteiger partial charge >= 0.3 is 0 Å². The lowest BCUT2D eigenvalue weighted by atomic mass is 9.78. The van der Waals surface area contributed by atoms with E-state index in [4.69, 9.17) is 0 Å². The average Bonchev–Trinajstić information content (AvgIpc) is 2.91. The van der Waals surface area contributed by atoms with Crippen molar-refractivity contribution in [2.24, 2.45) is 11.8 Å². The highest BCUT2D eigenvalue weighted by Crippen LogP contribution is 2.41. The summed E-state index contributed by atoms with van der Waals surface area (Å²) in [5.74, 6) is 0.678. The Hall–Kier alpha value is -2.49. The number of rotatable bonds is 3. The number of hydrogen-bond donors (Lipinski definition) is 0. The molecule has 1 saturated carbocycles. The molecule has 4 rings (SSSR count). The second kappa shape index (κ2) is 7.02. The first-order valence-corrected chi connectivity index (χ1v) is 9.30. The SMILES string of the molecule is CN1C(=O)[C@H]2CCCC[C@H]2[C@@H]1/C=C/c1ccc(-c2cccc(F)c2)cn1. The largest absolute Gasteiger partial charge is 0.339 e. The number of fused-ring (bicyclic) bond motifs is 1. The molecule has 0 spiro atoms. The molecule has 4 heteroatoms. The van der Waals surface area contributed by atoms with Crippen LogP contribution in [0.25, 0.3) is 17.2 Å². The van der Waals surface area contributed by atoms with Crippen LogP contribution in [0.3, 0.4) is 0 Å². The van der Waals surface area contributed by atoms with E-state index >= 15 is 0 Å².